The Hall–Kier alpha value is -1.01. The lowest BCUT2D eigenvalue weighted by Gasteiger charge is -2.12. The zero-order valence-electron chi connectivity index (χ0n) is 9.90. The lowest BCUT2D eigenvalue weighted by molar-refractivity contribution is 0.176. The molecule has 2 rings (SSSR count). The molecule has 1 unspecified atom stereocenters. The molecule has 18 heavy (non-hydrogen) atoms. The molecule has 0 radical (unpaired) electrons. The van der Waals surface area contributed by atoms with Gasteiger partial charge in [0.05, 0.1) is 6.10 Å². The van der Waals surface area contributed by atoms with Crippen LogP contribution in [0.25, 0.3) is 0 Å². The van der Waals surface area contributed by atoms with Gasteiger partial charge < -0.3 is 5.11 Å². The first kappa shape index (κ1) is 13.4. The highest BCUT2D eigenvalue weighted by Crippen LogP contribution is 2.23. The number of rotatable bonds is 3. The van der Waals surface area contributed by atoms with Gasteiger partial charge in [-0.05, 0) is 58.8 Å². The average molecular weight is 357 g/mol. The third-order valence-corrected chi connectivity index (χ3v) is 3.63. The summed E-state index contributed by atoms with van der Waals surface area (Å²) >= 11 is 2.03. The van der Waals surface area contributed by atoms with E-state index in [0.29, 0.717) is 6.42 Å². The minimum Gasteiger partial charge on any atom is -0.388 e. The molecule has 0 spiro atoms. The SMILES string of the molecule is Cc1ccc(CC(O)c2ccc(F)cc2I)nc1. The van der Waals surface area contributed by atoms with Crippen LogP contribution in [0.3, 0.4) is 0 Å². The summed E-state index contributed by atoms with van der Waals surface area (Å²) < 4.78 is 13.7. The van der Waals surface area contributed by atoms with Gasteiger partial charge in [-0.2, -0.15) is 0 Å². The number of aliphatic hydroxyl groups excluding tert-OH is 1. The molecule has 0 amide bonds. The second-order valence-corrected chi connectivity index (χ2v) is 5.37. The van der Waals surface area contributed by atoms with Crippen molar-refractivity contribution in [1.29, 1.82) is 0 Å². The minimum atomic E-state index is -0.660. The molecule has 0 bridgehead atoms. The van der Waals surface area contributed by atoms with Gasteiger partial charge in [-0.25, -0.2) is 4.39 Å². The second kappa shape index (κ2) is 5.75. The average Bonchev–Trinajstić information content (AvgIpc) is 2.32. The summed E-state index contributed by atoms with van der Waals surface area (Å²) in [6.07, 6.45) is 1.55. The molecule has 1 heterocycles. The first-order chi connectivity index (χ1) is 8.56. The lowest BCUT2D eigenvalue weighted by Crippen LogP contribution is -2.05. The molecular weight excluding hydrogens is 344 g/mol. The highest BCUT2D eigenvalue weighted by Gasteiger charge is 2.13. The fraction of sp³-hybridized carbons (Fsp3) is 0.214. The van der Waals surface area contributed by atoms with E-state index in [1.165, 1.54) is 12.1 Å². The Bertz CT molecular complexity index is 542. The normalized spacial score (nSPS) is 12.4. The van der Waals surface area contributed by atoms with Crippen molar-refractivity contribution in [2.45, 2.75) is 19.4 Å². The zero-order chi connectivity index (χ0) is 13.1. The Labute approximate surface area is 119 Å². The third kappa shape index (κ3) is 3.26. The van der Waals surface area contributed by atoms with E-state index < -0.39 is 6.10 Å². The Morgan fingerprint density at radius 1 is 1.33 bits per heavy atom. The molecule has 1 aromatic heterocycles. The topological polar surface area (TPSA) is 33.1 Å². The van der Waals surface area contributed by atoms with Gasteiger partial charge in [0, 0.05) is 21.9 Å². The van der Waals surface area contributed by atoms with E-state index in [-0.39, 0.29) is 5.82 Å². The highest BCUT2D eigenvalue weighted by molar-refractivity contribution is 14.1. The smallest absolute Gasteiger partial charge is 0.124 e. The molecule has 0 aliphatic heterocycles. The van der Waals surface area contributed by atoms with Crippen LogP contribution in [0.4, 0.5) is 4.39 Å². The second-order valence-electron chi connectivity index (χ2n) is 4.21. The highest BCUT2D eigenvalue weighted by atomic mass is 127. The van der Waals surface area contributed by atoms with Crippen molar-refractivity contribution in [1.82, 2.24) is 4.98 Å². The number of aryl methyl sites for hydroxylation is 1. The number of pyridine rings is 1. The van der Waals surface area contributed by atoms with E-state index in [2.05, 4.69) is 4.98 Å². The summed E-state index contributed by atoms with van der Waals surface area (Å²) in [5.74, 6) is -0.288. The number of aromatic nitrogens is 1. The van der Waals surface area contributed by atoms with Crippen molar-refractivity contribution in [3.63, 3.8) is 0 Å². The van der Waals surface area contributed by atoms with Crippen molar-refractivity contribution in [3.05, 3.63) is 62.7 Å². The molecule has 0 aliphatic rings. The molecule has 0 fully saturated rings. The predicted molar refractivity (Wildman–Crippen MR) is 76.8 cm³/mol. The molecule has 2 aromatic rings. The monoisotopic (exact) mass is 357 g/mol. The molecular formula is C14H13FINO. The number of nitrogens with zero attached hydrogens (tertiary/aromatic N) is 1. The van der Waals surface area contributed by atoms with E-state index in [4.69, 9.17) is 0 Å². The number of aliphatic hydroxyl groups is 1. The van der Waals surface area contributed by atoms with Gasteiger partial charge in [-0.1, -0.05) is 12.1 Å². The quantitative estimate of drug-likeness (QED) is 0.855. The van der Waals surface area contributed by atoms with Gasteiger partial charge >= 0.3 is 0 Å². The summed E-state index contributed by atoms with van der Waals surface area (Å²) in [5.41, 5.74) is 2.65. The van der Waals surface area contributed by atoms with Gasteiger partial charge in [-0.15, -0.1) is 0 Å². The summed E-state index contributed by atoms with van der Waals surface area (Å²) in [6, 6.07) is 8.26. The molecule has 1 aromatic carbocycles. The van der Waals surface area contributed by atoms with Crippen LogP contribution in [-0.4, -0.2) is 10.1 Å². The molecule has 0 aliphatic carbocycles. The van der Waals surface area contributed by atoms with Crippen LogP contribution >= 0.6 is 22.6 Å². The number of hydrogen-bond donors (Lipinski definition) is 1. The maximum absolute atomic E-state index is 13.0. The molecule has 0 saturated heterocycles. The van der Waals surface area contributed by atoms with Crippen LogP contribution in [0.2, 0.25) is 0 Å². The van der Waals surface area contributed by atoms with Crippen LogP contribution < -0.4 is 0 Å². The van der Waals surface area contributed by atoms with Gasteiger partial charge in [0.2, 0.25) is 0 Å². The van der Waals surface area contributed by atoms with E-state index in [9.17, 15) is 9.50 Å². The predicted octanol–water partition coefficient (Wildman–Crippen LogP) is 3.41. The first-order valence-corrected chi connectivity index (χ1v) is 6.68. The summed E-state index contributed by atoms with van der Waals surface area (Å²) in [6.45, 7) is 1.97. The third-order valence-electron chi connectivity index (χ3n) is 2.70. The van der Waals surface area contributed by atoms with Crippen LogP contribution in [0, 0.1) is 16.3 Å². The zero-order valence-corrected chi connectivity index (χ0v) is 12.1. The van der Waals surface area contributed by atoms with Crippen LogP contribution in [0.15, 0.2) is 36.5 Å². The van der Waals surface area contributed by atoms with Gasteiger partial charge in [0.15, 0.2) is 0 Å². The molecule has 2 nitrogen and oxygen atoms in total. The Balaban J connectivity index is 2.16. The van der Waals surface area contributed by atoms with Gasteiger partial charge in [-0.3, -0.25) is 4.98 Å². The Morgan fingerprint density at radius 2 is 2.11 bits per heavy atom. The maximum Gasteiger partial charge on any atom is 0.124 e. The van der Waals surface area contributed by atoms with Crippen molar-refractivity contribution in [2.24, 2.45) is 0 Å². The summed E-state index contributed by atoms with van der Waals surface area (Å²) in [5, 5.41) is 10.1. The molecule has 0 saturated carbocycles. The minimum absolute atomic E-state index is 0.288. The van der Waals surface area contributed by atoms with Crippen LogP contribution in [-0.2, 0) is 6.42 Å². The Kier molecular flexibility index (Phi) is 4.29. The lowest BCUT2D eigenvalue weighted by atomic mass is 10.0. The van der Waals surface area contributed by atoms with E-state index in [1.54, 1.807) is 12.3 Å². The molecule has 4 heteroatoms. The summed E-state index contributed by atoms with van der Waals surface area (Å²) in [7, 11) is 0. The first-order valence-electron chi connectivity index (χ1n) is 5.61. The summed E-state index contributed by atoms with van der Waals surface area (Å²) in [4.78, 5) is 4.25. The van der Waals surface area contributed by atoms with Gasteiger partial charge in [0.25, 0.3) is 0 Å². The van der Waals surface area contributed by atoms with Crippen molar-refractivity contribution in [3.8, 4) is 0 Å². The van der Waals surface area contributed by atoms with Crippen molar-refractivity contribution in [2.75, 3.05) is 0 Å². The molecule has 1 N–H and O–H groups in total. The van der Waals surface area contributed by atoms with Crippen molar-refractivity contribution >= 4 is 22.6 Å². The number of halogens is 2. The van der Waals surface area contributed by atoms with Crippen LogP contribution in [0.1, 0.15) is 22.9 Å². The maximum atomic E-state index is 13.0. The number of hydrogen-bond acceptors (Lipinski definition) is 2. The van der Waals surface area contributed by atoms with E-state index >= 15 is 0 Å². The van der Waals surface area contributed by atoms with E-state index in [1.807, 2.05) is 41.6 Å². The van der Waals surface area contributed by atoms with E-state index in [0.717, 1.165) is 20.4 Å². The number of benzene rings is 1. The standard InChI is InChI=1S/C14H13FINO/c1-9-2-4-11(17-8-9)7-14(18)12-5-3-10(15)6-13(12)16/h2-6,8,14,18H,7H2,1H3. The van der Waals surface area contributed by atoms with Gasteiger partial charge in [0.1, 0.15) is 5.82 Å². The fourth-order valence-electron chi connectivity index (χ4n) is 1.70. The molecule has 94 valence electrons. The molecule has 1 atom stereocenters. The fourth-order valence-corrected chi connectivity index (χ4v) is 2.54. The Morgan fingerprint density at radius 3 is 2.72 bits per heavy atom. The largest absolute Gasteiger partial charge is 0.388 e. The van der Waals surface area contributed by atoms with Crippen molar-refractivity contribution < 1.29 is 9.50 Å². The van der Waals surface area contributed by atoms with Crippen LogP contribution in [0.5, 0.6) is 0 Å².